The van der Waals surface area contributed by atoms with Gasteiger partial charge in [-0.15, -0.1) is 0 Å². The van der Waals surface area contributed by atoms with Crippen LogP contribution in [0.1, 0.15) is 53.9 Å². The molecule has 0 saturated carbocycles. The van der Waals surface area contributed by atoms with E-state index in [4.69, 9.17) is 18.3 Å². The molecule has 1 unspecified atom stereocenters. The Hall–Kier alpha value is 0.274. The van der Waals surface area contributed by atoms with Crippen molar-refractivity contribution in [2.24, 2.45) is 0 Å². The molecular weight excluding hydrogens is 300 g/mol. The molecular formula is C15H36O4Si2. The Balaban J connectivity index is 4.06. The SMILES string of the molecule is CCC(CCC[SiH2]C(OC(C)C)OC(C)C)[SiH](OC)OC. The van der Waals surface area contributed by atoms with Crippen LogP contribution in [0.4, 0.5) is 0 Å². The van der Waals surface area contributed by atoms with Crippen molar-refractivity contribution in [3.05, 3.63) is 0 Å². The second-order valence-corrected chi connectivity index (χ2v) is 10.7. The molecule has 4 nitrogen and oxygen atoms in total. The first-order chi connectivity index (χ1) is 9.94. The molecule has 0 aliphatic rings. The Bertz CT molecular complexity index is 226. The van der Waals surface area contributed by atoms with Crippen molar-refractivity contribution in [2.75, 3.05) is 14.2 Å². The molecule has 0 saturated heterocycles. The summed E-state index contributed by atoms with van der Waals surface area (Å²) in [4.78, 5) is 0. The van der Waals surface area contributed by atoms with Gasteiger partial charge >= 0.3 is 9.28 Å². The zero-order valence-electron chi connectivity index (χ0n) is 15.1. The van der Waals surface area contributed by atoms with Gasteiger partial charge in [0.2, 0.25) is 0 Å². The predicted octanol–water partition coefficient (Wildman–Crippen LogP) is 2.78. The van der Waals surface area contributed by atoms with Crippen LogP contribution in [-0.2, 0) is 18.3 Å². The molecule has 0 aliphatic heterocycles. The summed E-state index contributed by atoms with van der Waals surface area (Å²) in [6, 6.07) is 1.26. The molecule has 0 heterocycles. The summed E-state index contributed by atoms with van der Waals surface area (Å²) in [5, 5.41) is 0. The maximum Gasteiger partial charge on any atom is 0.324 e. The molecule has 128 valence electrons. The summed E-state index contributed by atoms with van der Waals surface area (Å²) in [6.45, 7) is 10.5. The summed E-state index contributed by atoms with van der Waals surface area (Å²) < 4.78 is 22.8. The van der Waals surface area contributed by atoms with Crippen LogP contribution < -0.4 is 0 Å². The Kier molecular flexibility index (Phi) is 12.9. The lowest BCUT2D eigenvalue weighted by molar-refractivity contribution is -0.134. The van der Waals surface area contributed by atoms with Gasteiger partial charge in [0.05, 0.1) is 21.7 Å². The van der Waals surface area contributed by atoms with E-state index in [1.807, 2.05) is 0 Å². The topological polar surface area (TPSA) is 36.9 Å². The average Bonchev–Trinajstić information content (AvgIpc) is 2.40. The molecule has 0 N–H and O–H groups in total. The van der Waals surface area contributed by atoms with Gasteiger partial charge in [-0.3, -0.25) is 0 Å². The molecule has 6 heteroatoms. The second-order valence-electron chi connectivity index (χ2n) is 6.09. The Labute approximate surface area is 135 Å². The van der Waals surface area contributed by atoms with Gasteiger partial charge in [0, 0.05) is 14.2 Å². The highest BCUT2D eigenvalue weighted by Crippen LogP contribution is 2.23. The molecule has 0 bridgehead atoms. The molecule has 0 amide bonds. The van der Waals surface area contributed by atoms with Gasteiger partial charge in [0.25, 0.3) is 0 Å². The van der Waals surface area contributed by atoms with Crippen LogP contribution in [-0.4, -0.2) is 51.1 Å². The molecule has 0 aromatic rings. The van der Waals surface area contributed by atoms with E-state index in [0.717, 1.165) is 6.42 Å². The minimum atomic E-state index is -1.47. The predicted molar refractivity (Wildman–Crippen MR) is 94.0 cm³/mol. The van der Waals surface area contributed by atoms with Crippen molar-refractivity contribution in [3.8, 4) is 0 Å². The van der Waals surface area contributed by atoms with Crippen molar-refractivity contribution in [3.63, 3.8) is 0 Å². The van der Waals surface area contributed by atoms with Crippen LogP contribution in [0.5, 0.6) is 0 Å². The van der Waals surface area contributed by atoms with E-state index < -0.39 is 9.28 Å². The molecule has 0 rings (SSSR count). The zero-order valence-corrected chi connectivity index (χ0v) is 17.6. The van der Waals surface area contributed by atoms with Gasteiger partial charge in [0.1, 0.15) is 5.91 Å². The van der Waals surface area contributed by atoms with Gasteiger partial charge < -0.3 is 18.3 Å². The monoisotopic (exact) mass is 336 g/mol. The molecule has 0 aromatic carbocycles. The number of ether oxygens (including phenoxy) is 2. The van der Waals surface area contributed by atoms with Crippen molar-refractivity contribution in [1.82, 2.24) is 0 Å². The van der Waals surface area contributed by atoms with Crippen LogP contribution in [0.15, 0.2) is 0 Å². The summed E-state index contributed by atoms with van der Waals surface area (Å²) >= 11 is 0. The fourth-order valence-electron chi connectivity index (χ4n) is 2.51. The second kappa shape index (κ2) is 12.8. The number of rotatable bonds is 13. The molecule has 0 aromatic heterocycles. The molecule has 0 aliphatic carbocycles. The van der Waals surface area contributed by atoms with Crippen LogP contribution in [0.2, 0.25) is 11.6 Å². The third-order valence-corrected chi connectivity index (χ3v) is 7.75. The zero-order chi connectivity index (χ0) is 16.3. The minimum Gasteiger partial charge on any atom is -0.400 e. The first kappa shape index (κ1) is 21.3. The van der Waals surface area contributed by atoms with Crippen molar-refractivity contribution >= 4 is 18.8 Å². The van der Waals surface area contributed by atoms with E-state index in [1.165, 1.54) is 18.9 Å². The molecule has 21 heavy (non-hydrogen) atoms. The maximum atomic E-state index is 5.88. The number of hydrogen-bond acceptors (Lipinski definition) is 4. The highest BCUT2D eigenvalue weighted by molar-refractivity contribution is 6.46. The summed E-state index contributed by atoms with van der Waals surface area (Å²) in [5.74, 6) is 0.0583. The van der Waals surface area contributed by atoms with Gasteiger partial charge in [0.15, 0.2) is 0 Å². The van der Waals surface area contributed by atoms with E-state index in [-0.39, 0.29) is 27.6 Å². The van der Waals surface area contributed by atoms with Gasteiger partial charge in [-0.2, -0.15) is 0 Å². The smallest absolute Gasteiger partial charge is 0.324 e. The van der Waals surface area contributed by atoms with Crippen molar-refractivity contribution < 1.29 is 18.3 Å². The number of hydrogen-bond donors (Lipinski definition) is 0. The summed E-state index contributed by atoms with van der Waals surface area (Å²) in [5.41, 5.74) is 0.615. The largest absolute Gasteiger partial charge is 0.400 e. The quantitative estimate of drug-likeness (QED) is 0.294. The normalized spacial score (nSPS) is 14.4. The summed E-state index contributed by atoms with van der Waals surface area (Å²) in [7, 11) is 1.73. The van der Waals surface area contributed by atoms with Crippen LogP contribution in [0.25, 0.3) is 0 Å². The maximum absolute atomic E-state index is 5.88. The van der Waals surface area contributed by atoms with Crippen LogP contribution >= 0.6 is 0 Å². The standard InChI is InChI=1S/C15H36O4Si2/c1-8-14(21(16-6)17-7)10-9-11-20-15(18-12(2)3)19-13(4)5/h12-15,21H,8-11,20H2,1-7H3. The lowest BCUT2D eigenvalue weighted by atomic mass is 10.2. The van der Waals surface area contributed by atoms with E-state index in [9.17, 15) is 0 Å². The molecule has 0 radical (unpaired) electrons. The first-order valence-electron chi connectivity index (χ1n) is 8.31. The van der Waals surface area contributed by atoms with Crippen molar-refractivity contribution in [2.45, 2.75) is 83.6 Å². The van der Waals surface area contributed by atoms with E-state index in [1.54, 1.807) is 14.2 Å². The van der Waals surface area contributed by atoms with Crippen molar-refractivity contribution in [1.29, 1.82) is 0 Å². The van der Waals surface area contributed by atoms with Gasteiger partial charge in [-0.05, 0) is 39.7 Å². The van der Waals surface area contributed by atoms with Crippen LogP contribution in [0, 0.1) is 0 Å². The lowest BCUT2D eigenvalue weighted by Crippen LogP contribution is -2.30. The summed E-state index contributed by atoms with van der Waals surface area (Å²) in [6.07, 6.45) is 4.07. The minimum absolute atomic E-state index is 0.0583. The Morgan fingerprint density at radius 3 is 1.86 bits per heavy atom. The third-order valence-electron chi connectivity index (χ3n) is 3.49. The molecule has 1 atom stereocenters. The van der Waals surface area contributed by atoms with E-state index >= 15 is 0 Å². The molecule has 0 spiro atoms. The Morgan fingerprint density at radius 1 is 0.952 bits per heavy atom. The highest BCUT2D eigenvalue weighted by atomic mass is 28.3. The van der Waals surface area contributed by atoms with Gasteiger partial charge in [-0.1, -0.05) is 25.8 Å². The van der Waals surface area contributed by atoms with E-state index in [0.29, 0.717) is 5.54 Å². The van der Waals surface area contributed by atoms with Gasteiger partial charge in [-0.25, -0.2) is 0 Å². The highest BCUT2D eigenvalue weighted by Gasteiger charge is 2.22. The fraction of sp³-hybridized carbons (Fsp3) is 1.00. The van der Waals surface area contributed by atoms with Crippen LogP contribution in [0.3, 0.4) is 0 Å². The van der Waals surface area contributed by atoms with E-state index in [2.05, 4.69) is 34.6 Å². The first-order valence-corrected chi connectivity index (χ1v) is 11.7. The average molecular weight is 337 g/mol. The molecule has 0 fully saturated rings. The third kappa shape index (κ3) is 10.6. The Morgan fingerprint density at radius 2 is 1.48 bits per heavy atom. The fourth-order valence-corrected chi connectivity index (χ4v) is 6.31. The lowest BCUT2D eigenvalue weighted by Gasteiger charge is -2.24.